The van der Waals surface area contributed by atoms with E-state index in [1.54, 1.807) is 0 Å². The minimum Gasteiger partial charge on any atom is -0.469 e. The standard InChI is InChI=1S/C11H14O4/c1-14-10(12)8-5-3-4-6(8)7(4)9(5)11(13)15-2/h4-9H,3H2,1-2H3/t4?,5?,6-,7-,8-,9+/m1/s1. The molecule has 0 aromatic rings. The Balaban J connectivity index is 1.84. The van der Waals surface area contributed by atoms with Crippen LogP contribution in [0.2, 0.25) is 0 Å². The topological polar surface area (TPSA) is 52.6 Å². The maximum absolute atomic E-state index is 11.6. The van der Waals surface area contributed by atoms with Gasteiger partial charge in [0.2, 0.25) is 0 Å². The average Bonchev–Trinajstić information content (AvgIpc) is 2.68. The molecule has 4 bridgehead atoms. The molecule has 0 radical (unpaired) electrons. The van der Waals surface area contributed by atoms with Crippen LogP contribution in [0.3, 0.4) is 0 Å². The Hall–Kier alpha value is -1.06. The summed E-state index contributed by atoms with van der Waals surface area (Å²) in [6.07, 6.45) is 1.01. The van der Waals surface area contributed by atoms with Crippen molar-refractivity contribution in [2.45, 2.75) is 6.42 Å². The number of rotatable bonds is 2. The van der Waals surface area contributed by atoms with Crippen LogP contribution in [0.4, 0.5) is 0 Å². The van der Waals surface area contributed by atoms with E-state index < -0.39 is 0 Å². The first-order valence-electron chi connectivity index (χ1n) is 5.36. The Morgan fingerprint density at radius 2 is 1.40 bits per heavy atom. The van der Waals surface area contributed by atoms with Crippen molar-refractivity contribution < 1.29 is 19.1 Å². The molecule has 6 atom stereocenters. The third kappa shape index (κ3) is 0.924. The van der Waals surface area contributed by atoms with Crippen LogP contribution in [0.1, 0.15) is 6.42 Å². The third-order valence-corrected chi connectivity index (χ3v) is 4.54. The number of ether oxygens (including phenoxy) is 2. The van der Waals surface area contributed by atoms with Crippen LogP contribution < -0.4 is 0 Å². The molecule has 4 aliphatic carbocycles. The zero-order chi connectivity index (χ0) is 10.7. The number of methoxy groups -OCH3 is 2. The van der Waals surface area contributed by atoms with Gasteiger partial charge in [0.1, 0.15) is 0 Å². The Bertz CT molecular complexity index is 307. The van der Waals surface area contributed by atoms with Crippen LogP contribution in [-0.2, 0) is 19.1 Å². The van der Waals surface area contributed by atoms with Crippen molar-refractivity contribution in [2.24, 2.45) is 35.5 Å². The summed E-state index contributed by atoms with van der Waals surface area (Å²) >= 11 is 0. The summed E-state index contributed by atoms with van der Waals surface area (Å²) in [6.45, 7) is 0. The highest BCUT2D eigenvalue weighted by Gasteiger charge is 2.77. The summed E-state index contributed by atoms with van der Waals surface area (Å²) in [4.78, 5) is 23.1. The number of hydrogen-bond donors (Lipinski definition) is 0. The largest absolute Gasteiger partial charge is 0.469 e. The quantitative estimate of drug-likeness (QED) is 0.621. The molecule has 2 unspecified atom stereocenters. The molecule has 0 aliphatic heterocycles. The molecule has 0 aromatic heterocycles. The molecule has 4 fully saturated rings. The second-order valence-electron chi connectivity index (χ2n) is 4.82. The molecule has 82 valence electrons. The number of esters is 2. The molecule has 4 rings (SSSR count). The van der Waals surface area contributed by atoms with Crippen LogP contribution in [-0.4, -0.2) is 26.2 Å². The summed E-state index contributed by atoms with van der Waals surface area (Å²) in [6, 6.07) is 0. The van der Waals surface area contributed by atoms with Crippen molar-refractivity contribution in [3.8, 4) is 0 Å². The number of carbonyl (C=O) groups is 2. The molecule has 0 aromatic carbocycles. The molecule has 4 saturated carbocycles. The van der Waals surface area contributed by atoms with E-state index in [0.717, 1.165) is 6.42 Å². The van der Waals surface area contributed by atoms with Crippen LogP contribution in [0, 0.1) is 35.5 Å². The predicted molar refractivity (Wildman–Crippen MR) is 49.6 cm³/mol. The monoisotopic (exact) mass is 210 g/mol. The summed E-state index contributed by atoms with van der Waals surface area (Å²) in [7, 11) is 2.84. The number of carbonyl (C=O) groups excluding carboxylic acids is 2. The molecular weight excluding hydrogens is 196 g/mol. The molecule has 15 heavy (non-hydrogen) atoms. The molecule has 0 N–H and O–H groups in total. The van der Waals surface area contributed by atoms with Crippen molar-refractivity contribution in [2.75, 3.05) is 14.2 Å². The van der Waals surface area contributed by atoms with Gasteiger partial charge < -0.3 is 9.47 Å². The van der Waals surface area contributed by atoms with E-state index in [0.29, 0.717) is 17.8 Å². The van der Waals surface area contributed by atoms with Crippen LogP contribution in [0.15, 0.2) is 0 Å². The minimum absolute atomic E-state index is 0.0332. The number of hydrogen-bond acceptors (Lipinski definition) is 4. The lowest BCUT2D eigenvalue weighted by molar-refractivity contribution is -0.149. The van der Waals surface area contributed by atoms with E-state index in [4.69, 9.17) is 9.47 Å². The lowest BCUT2D eigenvalue weighted by atomic mass is 9.91. The lowest BCUT2D eigenvalue weighted by Crippen LogP contribution is -2.26. The van der Waals surface area contributed by atoms with Gasteiger partial charge >= 0.3 is 11.9 Å². The van der Waals surface area contributed by atoms with Gasteiger partial charge in [0, 0.05) is 0 Å². The molecule has 4 nitrogen and oxygen atoms in total. The Morgan fingerprint density at radius 3 is 1.73 bits per heavy atom. The normalized spacial score (nSPS) is 48.9. The minimum atomic E-state index is -0.138. The average molecular weight is 210 g/mol. The van der Waals surface area contributed by atoms with Crippen molar-refractivity contribution in [3.05, 3.63) is 0 Å². The van der Waals surface area contributed by atoms with Crippen molar-refractivity contribution >= 4 is 11.9 Å². The zero-order valence-corrected chi connectivity index (χ0v) is 8.80. The van der Waals surface area contributed by atoms with Gasteiger partial charge in [0.05, 0.1) is 26.1 Å². The lowest BCUT2D eigenvalue weighted by Gasteiger charge is -2.16. The van der Waals surface area contributed by atoms with Gasteiger partial charge in [-0.15, -0.1) is 0 Å². The third-order valence-electron chi connectivity index (χ3n) is 4.54. The van der Waals surface area contributed by atoms with Gasteiger partial charge in [-0.1, -0.05) is 0 Å². The Morgan fingerprint density at radius 1 is 0.933 bits per heavy atom. The molecule has 0 saturated heterocycles. The van der Waals surface area contributed by atoms with Gasteiger partial charge in [-0.25, -0.2) is 0 Å². The fourth-order valence-electron chi connectivity index (χ4n) is 4.09. The zero-order valence-electron chi connectivity index (χ0n) is 8.80. The van der Waals surface area contributed by atoms with Crippen molar-refractivity contribution in [1.29, 1.82) is 0 Å². The fraction of sp³-hybridized carbons (Fsp3) is 0.818. The smallest absolute Gasteiger partial charge is 0.309 e. The molecule has 4 aliphatic rings. The van der Waals surface area contributed by atoms with Gasteiger partial charge in [-0.3, -0.25) is 9.59 Å². The molecule has 0 amide bonds. The first-order valence-corrected chi connectivity index (χ1v) is 5.36. The second-order valence-corrected chi connectivity index (χ2v) is 4.82. The van der Waals surface area contributed by atoms with Crippen LogP contribution in [0.5, 0.6) is 0 Å². The highest BCUT2D eigenvalue weighted by Crippen LogP contribution is 2.76. The van der Waals surface area contributed by atoms with E-state index in [1.807, 2.05) is 0 Å². The molecular formula is C11H14O4. The van der Waals surface area contributed by atoms with E-state index in [9.17, 15) is 9.59 Å². The second kappa shape index (κ2) is 2.74. The van der Waals surface area contributed by atoms with E-state index >= 15 is 0 Å². The predicted octanol–water partition coefficient (Wildman–Crippen LogP) is 0.460. The first-order chi connectivity index (χ1) is 7.20. The van der Waals surface area contributed by atoms with Crippen LogP contribution in [0.25, 0.3) is 0 Å². The van der Waals surface area contributed by atoms with Gasteiger partial charge in [-0.05, 0) is 30.1 Å². The van der Waals surface area contributed by atoms with E-state index in [-0.39, 0.29) is 29.7 Å². The molecule has 4 heteroatoms. The summed E-state index contributed by atoms with van der Waals surface area (Å²) in [5.41, 5.74) is 0. The van der Waals surface area contributed by atoms with Gasteiger partial charge in [0.25, 0.3) is 0 Å². The maximum Gasteiger partial charge on any atom is 0.309 e. The Kier molecular flexibility index (Phi) is 1.68. The first kappa shape index (κ1) is 9.19. The summed E-state index contributed by atoms with van der Waals surface area (Å²) in [5.74, 6) is 1.25. The van der Waals surface area contributed by atoms with Gasteiger partial charge in [0.15, 0.2) is 0 Å². The fourth-order valence-corrected chi connectivity index (χ4v) is 4.09. The summed E-state index contributed by atoms with van der Waals surface area (Å²) < 4.78 is 9.60. The highest BCUT2D eigenvalue weighted by atomic mass is 16.5. The van der Waals surface area contributed by atoms with E-state index in [2.05, 4.69) is 0 Å². The highest BCUT2D eigenvalue weighted by molar-refractivity contribution is 5.81. The Labute approximate surface area is 87.9 Å². The van der Waals surface area contributed by atoms with Crippen molar-refractivity contribution in [3.63, 3.8) is 0 Å². The molecule has 0 spiro atoms. The molecule has 0 heterocycles. The SMILES string of the molecule is COC(=O)[C@@H]1C2CC3[C@@H]1[C@@H]3[C@H]2C(=O)OC. The van der Waals surface area contributed by atoms with Crippen molar-refractivity contribution in [1.82, 2.24) is 0 Å². The van der Waals surface area contributed by atoms with Gasteiger partial charge in [-0.2, -0.15) is 0 Å². The van der Waals surface area contributed by atoms with E-state index in [1.165, 1.54) is 14.2 Å². The maximum atomic E-state index is 11.6. The summed E-state index contributed by atoms with van der Waals surface area (Å²) in [5, 5.41) is 0. The van der Waals surface area contributed by atoms with Crippen LogP contribution >= 0.6 is 0 Å².